The normalized spacial score (nSPS) is 18.9. The van der Waals surface area contributed by atoms with E-state index in [4.69, 9.17) is 0 Å². The maximum Gasteiger partial charge on any atom is 0.471 e. The average Bonchev–Trinajstić information content (AvgIpc) is 3.18. The molecule has 3 rings (SSSR count). The second-order valence-electron chi connectivity index (χ2n) is 7.29. The Kier molecular flexibility index (Phi) is 7.21. The van der Waals surface area contributed by atoms with Crippen molar-refractivity contribution in [3.05, 3.63) is 35.7 Å². The molecule has 170 valence electrons. The number of carbonyl (C=O) groups excluding carboxylic acids is 1. The molecule has 2 aromatic rings. The van der Waals surface area contributed by atoms with Gasteiger partial charge in [0.1, 0.15) is 0 Å². The van der Waals surface area contributed by atoms with Crippen molar-refractivity contribution in [2.75, 3.05) is 19.6 Å². The molecule has 2 atom stereocenters. The number of ether oxygens (including phenoxy) is 1. The topological polar surface area (TPSA) is 80.5 Å². The zero-order valence-electron chi connectivity index (χ0n) is 16.5. The number of aromatic nitrogens is 2. The van der Waals surface area contributed by atoms with E-state index in [9.17, 15) is 26.7 Å². The molecular formula is C19H21F5N4O3. The van der Waals surface area contributed by atoms with Crippen molar-refractivity contribution in [3.8, 4) is 11.4 Å². The third-order valence-corrected chi connectivity index (χ3v) is 4.74. The number of halogens is 5. The number of amides is 1. The minimum atomic E-state index is -4.73. The summed E-state index contributed by atoms with van der Waals surface area (Å²) in [6.07, 6.45) is -3.97. The van der Waals surface area contributed by atoms with Crippen LogP contribution in [0.2, 0.25) is 0 Å². The van der Waals surface area contributed by atoms with Crippen LogP contribution in [0, 0.1) is 0 Å². The van der Waals surface area contributed by atoms with E-state index in [1.807, 2.05) is 4.90 Å². The Morgan fingerprint density at radius 3 is 2.65 bits per heavy atom. The summed E-state index contributed by atoms with van der Waals surface area (Å²) < 4.78 is 71.3. The molecule has 2 heterocycles. The number of hydrogen-bond donors (Lipinski definition) is 1. The number of carbonyl (C=O) groups is 1. The molecule has 31 heavy (non-hydrogen) atoms. The van der Waals surface area contributed by atoms with E-state index in [0.717, 1.165) is 13.0 Å². The van der Waals surface area contributed by atoms with Gasteiger partial charge in [0.2, 0.25) is 5.82 Å². The molecule has 1 aliphatic rings. The van der Waals surface area contributed by atoms with Crippen LogP contribution in [0.25, 0.3) is 11.4 Å². The fourth-order valence-electron chi connectivity index (χ4n) is 3.40. The van der Waals surface area contributed by atoms with Gasteiger partial charge < -0.3 is 14.6 Å². The van der Waals surface area contributed by atoms with Crippen molar-refractivity contribution in [1.29, 1.82) is 0 Å². The van der Waals surface area contributed by atoms with E-state index < -0.39 is 24.8 Å². The molecule has 1 aromatic carbocycles. The van der Waals surface area contributed by atoms with Gasteiger partial charge in [0.05, 0.1) is 6.10 Å². The van der Waals surface area contributed by atoms with Gasteiger partial charge in [-0.1, -0.05) is 17.3 Å². The zero-order valence-corrected chi connectivity index (χ0v) is 16.5. The van der Waals surface area contributed by atoms with Crippen molar-refractivity contribution in [3.63, 3.8) is 0 Å². The number of alkyl halides is 5. The van der Waals surface area contributed by atoms with Crippen LogP contribution < -0.4 is 5.32 Å². The first-order chi connectivity index (χ1) is 14.6. The Balaban J connectivity index is 1.54. The number of nitrogens with zero attached hydrogens (tertiary/aromatic N) is 3. The van der Waals surface area contributed by atoms with Crippen molar-refractivity contribution in [2.45, 2.75) is 44.7 Å². The Morgan fingerprint density at radius 2 is 2.03 bits per heavy atom. The zero-order chi connectivity index (χ0) is 22.6. The third kappa shape index (κ3) is 6.44. The summed E-state index contributed by atoms with van der Waals surface area (Å²) in [5.74, 6) is -2.06. The molecule has 1 aliphatic heterocycles. The molecule has 1 fully saturated rings. The van der Waals surface area contributed by atoms with E-state index in [1.165, 1.54) is 24.3 Å². The summed E-state index contributed by atoms with van der Waals surface area (Å²) in [5, 5.41) is 6.11. The van der Waals surface area contributed by atoms with Gasteiger partial charge in [0.25, 0.3) is 5.91 Å². The summed E-state index contributed by atoms with van der Waals surface area (Å²) in [6.45, 7) is 0.544. The predicted molar refractivity (Wildman–Crippen MR) is 98.2 cm³/mol. The lowest BCUT2D eigenvalue weighted by molar-refractivity contribution is -0.174. The minimum absolute atomic E-state index is 0.238. The summed E-state index contributed by atoms with van der Waals surface area (Å²) in [5.41, 5.74) is 0.565. The van der Waals surface area contributed by atoms with Crippen molar-refractivity contribution < 1.29 is 36.0 Å². The van der Waals surface area contributed by atoms with Gasteiger partial charge in [0.15, 0.2) is 0 Å². The van der Waals surface area contributed by atoms with Crippen LogP contribution in [0.15, 0.2) is 28.8 Å². The minimum Gasteiger partial charge on any atom is -0.348 e. The van der Waals surface area contributed by atoms with Gasteiger partial charge in [-0.15, -0.1) is 0 Å². The van der Waals surface area contributed by atoms with Crippen LogP contribution in [0.3, 0.4) is 0 Å². The lowest BCUT2D eigenvalue weighted by atomic mass is 10.1. The SMILES string of the molecule is C[C@H](CN1CCC[C@H](OC(F)F)C1)NC(=O)c1ccc(-c2noc(C(F)(F)F)n2)cc1. The first-order valence-corrected chi connectivity index (χ1v) is 9.60. The van der Waals surface area contributed by atoms with Crippen LogP contribution in [0.4, 0.5) is 22.0 Å². The van der Waals surface area contributed by atoms with E-state index in [-0.39, 0.29) is 23.3 Å². The molecule has 0 saturated carbocycles. The number of piperidine rings is 1. The largest absolute Gasteiger partial charge is 0.471 e. The first-order valence-electron chi connectivity index (χ1n) is 9.60. The number of rotatable bonds is 7. The van der Waals surface area contributed by atoms with Gasteiger partial charge in [-0.05, 0) is 38.4 Å². The maximum absolute atomic E-state index is 12.6. The van der Waals surface area contributed by atoms with Gasteiger partial charge in [-0.25, -0.2) is 0 Å². The molecule has 0 radical (unpaired) electrons. The quantitative estimate of drug-likeness (QED) is 0.653. The van der Waals surface area contributed by atoms with E-state index >= 15 is 0 Å². The smallest absolute Gasteiger partial charge is 0.348 e. The van der Waals surface area contributed by atoms with E-state index in [2.05, 4.69) is 24.7 Å². The van der Waals surface area contributed by atoms with Crippen LogP contribution in [-0.2, 0) is 10.9 Å². The van der Waals surface area contributed by atoms with Crippen molar-refractivity contribution >= 4 is 5.91 Å². The highest BCUT2D eigenvalue weighted by molar-refractivity contribution is 5.94. The van der Waals surface area contributed by atoms with Gasteiger partial charge in [-0.2, -0.15) is 26.9 Å². The summed E-state index contributed by atoms with van der Waals surface area (Å²) >= 11 is 0. The summed E-state index contributed by atoms with van der Waals surface area (Å²) in [7, 11) is 0. The van der Waals surface area contributed by atoms with E-state index in [1.54, 1.807) is 6.92 Å². The summed E-state index contributed by atoms with van der Waals surface area (Å²) in [6, 6.07) is 5.45. The Morgan fingerprint density at radius 1 is 1.32 bits per heavy atom. The first kappa shape index (κ1) is 23.1. The van der Waals surface area contributed by atoms with Crippen LogP contribution in [-0.4, -0.2) is 59.3 Å². The van der Waals surface area contributed by atoms with Crippen LogP contribution in [0.1, 0.15) is 36.0 Å². The van der Waals surface area contributed by atoms with Gasteiger partial charge in [-0.3, -0.25) is 9.69 Å². The molecule has 0 bridgehead atoms. The molecule has 0 aliphatic carbocycles. The lowest BCUT2D eigenvalue weighted by Crippen LogP contribution is -2.47. The van der Waals surface area contributed by atoms with Gasteiger partial charge >= 0.3 is 18.7 Å². The molecule has 1 amide bonds. The molecule has 0 unspecified atom stereocenters. The average molecular weight is 448 g/mol. The molecule has 12 heteroatoms. The highest BCUT2D eigenvalue weighted by atomic mass is 19.4. The second kappa shape index (κ2) is 9.69. The number of nitrogens with one attached hydrogen (secondary N) is 1. The number of benzene rings is 1. The molecule has 1 saturated heterocycles. The lowest BCUT2D eigenvalue weighted by Gasteiger charge is -2.34. The predicted octanol–water partition coefficient (Wildman–Crippen LogP) is 3.58. The van der Waals surface area contributed by atoms with Gasteiger partial charge in [0, 0.05) is 30.3 Å². The Labute approximate surface area is 174 Å². The van der Waals surface area contributed by atoms with Crippen molar-refractivity contribution in [1.82, 2.24) is 20.4 Å². The highest BCUT2D eigenvalue weighted by Crippen LogP contribution is 2.29. The fourth-order valence-corrected chi connectivity index (χ4v) is 3.40. The molecule has 0 spiro atoms. The highest BCUT2D eigenvalue weighted by Gasteiger charge is 2.38. The fraction of sp³-hybridized carbons (Fsp3) is 0.526. The molecule has 7 nitrogen and oxygen atoms in total. The Hall–Kier alpha value is -2.60. The van der Waals surface area contributed by atoms with Crippen molar-refractivity contribution in [2.24, 2.45) is 0 Å². The van der Waals surface area contributed by atoms with Crippen LogP contribution >= 0.6 is 0 Å². The number of likely N-dealkylation sites (tertiary alicyclic amines) is 1. The Bertz CT molecular complexity index is 872. The van der Waals surface area contributed by atoms with Crippen LogP contribution in [0.5, 0.6) is 0 Å². The second-order valence-corrected chi connectivity index (χ2v) is 7.29. The van der Waals surface area contributed by atoms with E-state index in [0.29, 0.717) is 25.1 Å². The maximum atomic E-state index is 12.6. The molecule has 1 N–H and O–H groups in total. The molecule has 1 aromatic heterocycles. The molecular weight excluding hydrogens is 427 g/mol. The third-order valence-electron chi connectivity index (χ3n) is 4.74. The number of hydrogen-bond acceptors (Lipinski definition) is 6. The standard InChI is InChI=1S/C19H21F5N4O3/c1-11(9-28-8-2-3-14(10-28)30-18(20)21)25-16(29)13-6-4-12(5-7-13)15-26-17(31-27-15)19(22,23)24/h4-7,11,14,18H,2-3,8-10H2,1H3,(H,25,29)/t11-,14+/m1/s1. The monoisotopic (exact) mass is 448 g/mol. The summed E-state index contributed by atoms with van der Waals surface area (Å²) in [4.78, 5) is 17.7.